The van der Waals surface area contributed by atoms with Gasteiger partial charge in [-0.05, 0) is 12.1 Å². The van der Waals surface area contributed by atoms with Crippen molar-refractivity contribution in [1.29, 1.82) is 0 Å². The van der Waals surface area contributed by atoms with Gasteiger partial charge in [-0.1, -0.05) is 6.07 Å². The third-order valence-corrected chi connectivity index (χ3v) is 3.19. The lowest BCUT2D eigenvalue weighted by Gasteiger charge is -2.26. The van der Waals surface area contributed by atoms with E-state index in [1.165, 1.54) is 13.2 Å². The van der Waals surface area contributed by atoms with Crippen LogP contribution in [0.25, 0.3) is 0 Å². The normalized spacial score (nSPS) is 15.8. The summed E-state index contributed by atoms with van der Waals surface area (Å²) in [6.45, 7) is 4.37. The zero-order valence-electron chi connectivity index (χ0n) is 11.5. The number of hydrogen-bond acceptors (Lipinski definition) is 5. The molecule has 0 bridgehead atoms. The minimum absolute atomic E-state index is 0.117. The first-order valence-corrected chi connectivity index (χ1v) is 6.55. The molecule has 1 heterocycles. The maximum absolute atomic E-state index is 11.2. The predicted octanol–water partition coefficient (Wildman–Crippen LogP) is 1.10. The summed E-state index contributed by atoms with van der Waals surface area (Å²) in [4.78, 5) is 13.4. The zero-order chi connectivity index (χ0) is 14.4. The average Bonchev–Trinajstić information content (AvgIpc) is 2.48. The summed E-state index contributed by atoms with van der Waals surface area (Å²) in [6.07, 6.45) is 0. The van der Waals surface area contributed by atoms with E-state index in [0.29, 0.717) is 12.4 Å². The van der Waals surface area contributed by atoms with Crippen molar-refractivity contribution in [2.24, 2.45) is 0 Å². The Hall–Kier alpha value is -1.79. The molecule has 0 spiro atoms. The van der Waals surface area contributed by atoms with Crippen molar-refractivity contribution in [3.63, 3.8) is 0 Å². The summed E-state index contributed by atoms with van der Waals surface area (Å²) in [6, 6.07) is 4.84. The molecule has 1 saturated heterocycles. The molecule has 0 unspecified atom stereocenters. The number of carboxylic acid groups (broad SMARTS) is 1. The number of nitrogens with zero attached hydrogens (tertiary/aromatic N) is 1. The van der Waals surface area contributed by atoms with Gasteiger partial charge >= 0.3 is 5.97 Å². The topological polar surface area (TPSA) is 68.2 Å². The maximum atomic E-state index is 11.2. The van der Waals surface area contributed by atoms with Crippen LogP contribution in [0.4, 0.5) is 0 Å². The molecule has 0 atom stereocenters. The Morgan fingerprint density at radius 2 is 2.15 bits per heavy atom. The molecule has 0 aromatic heterocycles. The van der Waals surface area contributed by atoms with Gasteiger partial charge in [0.05, 0.1) is 20.3 Å². The largest absolute Gasteiger partial charge is 0.493 e. The van der Waals surface area contributed by atoms with Crippen molar-refractivity contribution in [2.75, 3.05) is 46.6 Å². The molecule has 6 nitrogen and oxygen atoms in total. The second kappa shape index (κ2) is 7.12. The standard InChI is InChI=1S/C14H19NO5/c1-18-12-4-2-3-11(14(16)17)13(12)20-10-7-15-5-8-19-9-6-15/h2-4H,5-10H2,1H3,(H,16,17). The van der Waals surface area contributed by atoms with Gasteiger partial charge in [0.25, 0.3) is 0 Å². The van der Waals surface area contributed by atoms with E-state index >= 15 is 0 Å². The van der Waals surface area contributed by atoms with E-state index < -0.39 is 5.97 Å². The van der Waals surface area contributed by atoms with Crippen LogP contribution in [0, 0.1) is 0 Å². The van der Waals surface area contributed by atoms with Crippen molar-refractivity contribution in [2.45, 2.75) is 0 Å². The Morgan fingerprint density at radius 3 is 2.80 bits per heavy atom. The van der Waals surface area contributed by atoms with E-state index in [1.807, 2.05) is 0 Å². The first-order chi connectivity index (χ1) is 9.72. The van der Waals surface area contributed by atoms with Gasteiger partial charge in [0.2, 0.25) is 0 Å². The molecule has 6 heteroatoms. The van der Waals surface area contributed by atoms with Crippen LogP contribution in [0.15, 0.2) is 18.2 Å². The van der Waals surface area contributed by atoms with Gasteiger partial charge in [0.1, 0.15) is 12.2 Å². The van der Waals surface area contributed by atoms with Crippen LogP contribution in [0.1, 0.15) is 10.4 Å². The molecule has 0 aliphatic carbocycles. The fourth-order valence-corrected chi connectivity index (χ4v) is 2.10. The lowest BCUT2D eigenvalue weighted by Crippen LogP contribution is -2.38. The third kappa shape index (κ3) is 3.61. The molecule has 1 aliphatic heterocycles. The first-order valence-electron chi connectivity index (χ1n) is 6.55. The smallest absolute Gasteiger partial charge is 0.339 e. The minimum atomic E-state index is -1.02. The monoisotopic (exact) mass is 281 g/mol. The number of rotatable bonds is 6. The van der Waals surface area contributed by atoms with Gasteiger partial charge in [-0.2, -0.15) is 0 Å². The highest BCUT2D eigenvalue weighted by Crippen LogP contribution is 2.31. The van der Waals surface area contributed by atoms with E-state index in [1.54, 1.807) is 12.1 Å². The fourth-order valence-electron chi connectivity index (χ4n) is 2.10. The molecule has 1 N–H and O–H groups in total. The molecule has 1 aromatic carbocycles. The highest BCUT2D eigenvalue weighted by atomic mass is 16.5. The van der Waals surface area contributed by atoms with Crippen molar-refractivity contribution in [3.8, 4) is 11.5 Å². The second-order valence-electron chi connectivity index (χ2n) is 4.44. The molecule has 0 saturated carbocycles. The molecule has 2 rings (SSSR count). The van der Waals surface area contributed by atoms with E-state index in [9.17, 15) is 9.90 Å². The van der Waals surface area contributed by atoms with Gasteiger partial charge in [-0.15, -0.1) is 0 Å². The highest BCUT2D eigenvalue weighted by molar-refractivity contribution is 5.92. The average molecular weight is 281 g/mol. The number of benzene rings is 1. The summed E-state index contributed by atoms with van der Waals surface area (Å²) < 4.78 is 16.1. The quantitative estimate of drug-likeness (QED) is 0.842. The van der Waals surface area contributed by atoms with Crippen molar-refractivity contribution >= 4 is 5.97 Å². The number of aromatic carboxylic acids is 1. The minimum Gasteiger partial charge on any atom is -0.493 e. The van der Waals surface area contributed by atoms with E-state index in [0.717, 1.165) is 32.8 Å². The van der Waals surface area contributed by atoms with Crippen LogP contribution in [-0.4, -0.2) is 62.5 Å². The number of para-hydroxylation sites is 1. The molecular formula is C14H19NO5. The lowest BCUT2D eigenvalue weighted by molar-refractivity contribution is 0.0320. The van der Waals surface area contributed by atoms with Gasteiger partial charge in [-0.25, -0.2) is 4.79 Å². The van der Waals surface area contributed by atoms with Crippen LogP contribution in [0.2, 0.25) is 0 Å². The number of methoxy groups -OCH3 is 1. The van der Waals surface area contributed by atoms with Crippen LogP contribution >= 0.6 is 0 Å². The Bertz CT molecular complexity index is 457. The third-order valence-electron chi connectivity index (χ3n) is 3.19. The second-order valence-corrected chi connectivity index (χ2v) is 4.44. The van der Waals surface area contributed by atoms with Gasteiger partial charge < -0.3 is 19.3 Å². The first kappa shape index (κ1) is 14.6. The van der Waals surface area contributed by atoms with E-state index in [4.69, 9.17) is 14.2 Å². The Kier molecular flexibility index (Phi) is 5.20. The summed E-state index contributed by atoms with van der Waals surface area (Å²) in [5.41, 5.74) is 0.117. The Labute approximate surface area is 117 Å². The molecule has 1 fully saturated rings. The fraction of sp³-hybridized carbons (Fsp3) is 0.500. The van der Waals surface area contributed by atoms with Crippen LogP contribution < -0.4 is 9.47 Å². The molecule has 0 radical (unpaired) electrons. The molecular weight excluding hydrogens is 262 g/mol. The number of carboxylic acids is 1. The van der Waals surface area contributed by atoms with Crippen molar-refractivity contribution in [3.05, 3.63) is 23.8 Å². The van der Waals surface area contributed by atoms with Gasteiger partial charge in [-0.3, -0.25) is 4.90 Å². The number of morpholine rings is 1. The maximum Gasteiger partial charge on any atom is 0.339 e. The number of carbonyl (C=O) groups is 1. The molecule has 20 heavy (non-hydrogen) atoms. The summed E-state index contributed by atoms with van der Waals surface area (Å²) in [5.74, 6) is -0.298. The van der Waals surface area contributed by atoms with Crippen LogP contribution in [0.5, 0.6) is 11.5 Å². The predicted molar refractivity (Wildman–Crippen MR) is 72.7 cm³/mol. The van der Waals surface area contributed by atoms with E-state index in [2.05, 4.69) is 4.90 Å². The SMILES string of the molecule is COc1cccc(C(=O)O)c1OCCN1CCOCC1. The Balaban J connectivity index is 1.98. The van der Waals surface area contributed by atoms with Crippen molar-refractivity contribution < 1.29 is 24.1 Å². The number of hydrogen-bond donors (Lipinski definition) is 1. The Morgan fingerprint density at radius 1 is 1.40 bits per heavy atom. The molecule has 1 aliphatic rings. The van der Waals surface area contributed by atoms with Crippen LogP contribution in [-0.2, 0) is 4.74 Å². The zero-order valence-corrected chi connectivity index (χ0v) is 11.5. The lowest BCUT2D eigenvalue weighted by atomic mass is 10.2. The molecule has 1 aromatic rings. The van der Waals surface area contributed by atoms with Crippen LogP contribution in [0.3, 0.4) is 0 Å². The number of ether oxygens (including phenoxy) is 3. The summed E-state index contributed by atoms with van der Waals surface area (Å²) in [7, 11) is 1.50. The van der Waals surface area contributed by atoms with Crippen molar-refractivity contribution in [1.82, 2.24) is 4.90 Å². The summed E-state index contributed by atoms with van der Waals surface area (Å²) >= 11 is 0. The highest BCUT2D eigenvalue weighted by Gasteiger charge is 2.17. The molecule has 0 amide bonds. The molecule has 110 valence electrons. The van der Waals surface area contributed by atoms with Gasteiger partial charge in [0, 0.05) is 19.6 Å². The van der Waals surface area contributed by atoms with E-state index in [-0.39, 0.29) is 11.3 Å². The van der Waals surface area contributed by atoms with Gasteiger partial charge in [0.15, 0.2) is 11.5 Å². The summed E-state index contributed by atoms with van der Waals surface area (Å²) in [5, 5.41) is 9.17.